The lowest BCUT2D eigenvalue weighted by molar-refractivity contribution is 0.0578. The van der Waals surface area contributed by atoms with Crippen molar-refractivity contribution in [2.45, 2.75) is 83.3 Å². The second-order valence-corrected chi connectivity index (χ2v) is 11.7. The summed E-state index contributed by atoms with van der Waals surface area (Å²) in [5.41, 5.74) is 1.09. The van der Waals surface area contributed by atoms with Crippen molar-refractivity contribution < 1.29 is 17.9 Å². The highest BCUT2D eigenvalue weighted by Gasteiger charge is 2.37. The number of hydrogen-bond donors (Lipinski definition) is 0. The zero-order valence-electron chi connectivity index (χ0n) is 21.0. The minimum absolute atomic E-state index is 0.283. The molecule has 2 aromatic rings. The third kappa shape index (κ3) is 6.16. The highest BCUT2D eigenvalue weighted by Crippen LogP contribution is 2.39. The number of pyridine rings is 1. The third-order valence-corrected chi connectivity index (χ3v) is 7.78. The number of aryl methyl sites for hydroxylation is 1. The van der Waals surface area contributed by atoms with Gasteiger partial charge < -0.3 is 4.74 Å². The van der Waals surface area contributed by atoms with E-state index in [1.165, 1.54) is 0 Å². The van der Waals surface area contributed by atoms with Gasteiger partial charge in [-0.15, -0.1) is 0 Å². The molecule has 7 nitrogen and oxygen atoms in total. The van der Waals surface area contributed by atoms with Gasteiger partial charge in [-0.2, -0.15) is 4.31 Å². The summed E-state index contributed by atoms with van der Waals surface area (Å²) in [6.45, 7) is 10.4. The minimum Gasteiger partial charge on any atom is -0.443 e. The molecule has 1 aromatic heterocycles. The summed E-state index contributed by atoms with van der Waals surface area (Å²) in [6, 6.07) is 10.2. The molecule has 2 heterocycles. The molecule has 0 radical (unpaired) electrons. The van der Waals surface area contributed by atoms with Gasteiger partial charge in [-0.05, 0) is 65.2 Å². The Kier molecular flexibility index (Phi) is 8.36. The van der Waals surface area contributed by atoms with Crippen LogP contribution in [0.15, 0.2) is 47.5 Å². The number of sulfonamides is 1. The zero-order valence-corrected chi connectivity index (χ0v) is 21.8. The van der Waals surface area contributed by atoms with Crippen LogP contribution in [0.2, 0.25) is 0 Å². The summed E-state index contributed by atoms with van der Waals surface area (Å²) in [4.78, 5) is 19.6. The molecular weight excluding hydrogens is 450 g/mol. The van der Waals surface area contributed by atoms with Crippen LogP contribution in [0.4, 0.5) is 10.6 Å². The Hall–Kier alpha value is -2.45. The van der Waals surface area contributed by atoms with Gasteiger partial charge in [0.1, 0.15) is 11.4 Å². The van der Waals surface area contributed by atoms with E-state index in [1.807, 2.05) is 45.9 Å². The molecule has 186 valence electrons. The van der Waals surface area contributed by atoms with Crippen molar-refractivity contribution in [2.24, 2.45) is 0 Å². The third-order valence-electron chi connectivity index (χ3n) is 5.86. The van der Waals surface area contributed by atoms with E-state index in [9.17, 15) is 13.2 Å². The van der Waals surface area contributed by atoms with E-state index in [4.69, 9.17) is 4.74 Å². The van der Waals surface area contributed by atoms with E-state index < -0.39 is 27.8 Å². The summed E-state index contributed by atoms with van der Waals surface area (Å²) >= 11 is 0. The van der Waals surface area contributed by atoms with Crippen molar-refractivity contribution >= 4 is 21.9 Å². The van der Waals surface area contributed by atoms with Gasteiger partial charge in [-0.3, -0.25) is 4.90 Å². The van der Waals surface area contributed by atoms with Gasteiger partial charge in [0, 0.05) is 24.8 Å². The first-order valence-electron chi connectivity index (χ1n) is 12.1. The van der Waals surface area contributed by atoms with E-state index in [0.29, 0.717) is 25.3 Å². The van der Waals surface area contributed by atoms with Gasteiger partial charge in [0.2, 0.25) is 10.0 Å². The Morgan fingerprint density at radius 3 is 2.53 bits per heavy atom. The molecule has 1 amide bonds. The molecule has 1 atom stereocenters. The second-order valence-electron chi connectivity index (χ2n) is 9.84. The molecule has 0 unspecified atom stereocenters. The lowest BCUT2D eigenvalue weighted by Gasteiger charge is -2.37. The lowest BCUT2D eigenvalue weighted by Crippen LogP contribution is -2.41. The van der Waals surface area contributed by atoms with E-state index in [2.05, 4.69) is 11.9 Å². The number of unbranched alkanes of at least 4 members (excludes halogenated alkanes) is 1. The first-order valence-corrected chi connectivity index (χ1v) is 13.5. The summed E-state index contributed by atoms with van der Waals surface area (Å²) in [6.07, 6.45) is 5.22. The van der Waals surface area contributed by atoms with Crippen LogP contribution in [0, 0.1) is 6.92 Å². The maximum absolute atomic E-state index is 13.7. The number of hydrogen-bond acceptors (Lipinski definition) is 5. The normalized spacial score (nSPS) is 17.4. The quantitative estimate of drug-likeness (QED) is 0.490. The van der Waals surface area contributed by atoms with Crippen LogP contribution in [0.3, 0.4) is 0 Å². The number of rotatable bonds is 7. The first kappa shape index (κ1) is 26.2. The van der Waals surface area contributed by atoms with Crippen LogP contribution in [0.5, 0.6) is 0 Å². The Bertz CT molecular complexity index is 1080. The number of aromatic nitrogens is 1. The molecule has 0 N–H and O–H groups in total. The van der Waals surface area contributed by atoms with Crippen molar-refractivity contribution in [1.82, 2.24) is 9.29 Å². The Morgan fingerprint density at radius 2 is 1.88 bits per heavy atom. The van der Waals surface area contributed by atoms with Gasteiger partial charge in [-0.1, -0.05) is 43.5 Å². The Labute approximate surface area is 204 Å². The maximum Gasteiger partial charge on any atom is 0.416 e. The molecule has 0 aliphatic carbocycles. The molecule has 1 aliphatic rings. The van der Waals surface area contributed by atoms with Gasteiger partial charge in [0.25, 0.3) is 0 Å². The van der Waals surface area contributed by atoms with E-state index in [1.54, 1.807) is 33.6 Å². The van der Waals surface area contributed by atoms with Gasteiger partial charge >= 0.3 is 6.09 Å². The molecule has 0 spiro atoms. The van der Waals surface area contributed by atoms with Crippen molar-refractivity contribution in [3.05, 3.63) is 53.7 Å². The Morgan fingerprint density at radius 1 is 1.18 bits per heavy atom. The number of piperidine rings is 1. The average molecular weight is 488 g/mol. The van der Waals surface area contributed by atoms with Crippen molar-refractivity contribution in [3.8, 4) is 0 Å². The molecule has 3 rings (SSSR count). The number of carbonyl (C=O) groups is 1. The van der Waals surface area contributed by atoms with Crippen molar-refractivity contribution in [2.75, 3.05) is 18.0 Å². The topological polar surface area (TPSA) is 79.8 Å². The van der Waals surface area contributed by atoms with Crippen LogP contribution in [0.25, 0.3) is 0 Å². The van der Waals surface area contributed by atoms with E-state index >= 15 is 0 Å². The average Bonchev–Trinajstić information content (AvgIpc) is 2.79. The minimum atomic E-state index is -3.71. The number of benzene rings is 1. The summed E-state index contributed by atoms with van der Waals surface area (Å²) < 4.78 is 34.6. The molecule has 1 aromatic carbocycles. The number of carbonyl (C=O) groups excluding carboxylic acids is 1. The fourth-order valence-electron chi connectivity index (χ4n) is 4.16. The number of amides is 1. The predicted molar refractivity (Wildman–Crippen MR) is 134 cm³/mol. The van der Waals surface area contributed by atoms with Crippen molar-refractivity contribution in [1.29, 1.82) is 0 Å². The highest BCUT2D eigenvalue weighted by atomic mass is 32.2. The predicted octanol–water partition coefficient (Wildman–Crippen LogP) is 5.85. The largest absolute Gasteiger partial charge is 0.443 e. The summed E-state index contributed by atoms with van der Waals surface area (Å²) in [7, 11) is -3.71. The monoisotopic (exact) mass is 487 g/mol. The van der Waals surface area contributed by atoms with E-state index in [0.717, 1.165) is 36.8 Å². The van der Waals surface area contributed by atoms with Crippen LogP contribution in [-0.2, 0) is 14.8 Å². The number of nitrogens with zero attached hydrogens (tertiary/aromatic N) is 3. The fourth-order valence-corrected chi connectivity index (χ4v) is 5.84. The SMILES string of the molecule is CCCCN(C(=O)OC(C)(C)C)c1ncccc1[C@H]1CCCCN1S(=O)(=O)c1ccc(C)cc1. The highest BCUT2D eigenvalue weighted by molar-refractivity contribution is 7.89. The molecule has 1 saturated heterocycles. The molecular formula is C26H37N3O4S. The molecule has 1 aliphatic heterocycles. The molecule has 8 heteroatoms. The van der Waals surface area contributed by atoms with Crippen LogP contribution in [-0.4, -0.2) is 42.5 Å². The fraction of sp³-hybridized carbons (Fsp3) is 0.538. The zero-order chi connectivity index (χ0) is 24.9. The number of ether oxygens (including phenoxy) is 1. The van der Waals surface area contributed by atoms with Gasteiger partial charge in [-0.25, -0.2) is 18.2 Å². The van der Waals surface area contributed by atoms with Crippen LogP contribution < -0.4 is 4.90 Å². The van der Waals surface area contributed by atoms with Gasteiger partial charge in [0.05, 0.1) is 10.9 Å². The molecule has 1 fully saturated rings. The van der Waals surface area contributed by atoms with Crippen LogP contribution in [0.1, 0.15) is 77.0 Å². The van der Waals surface area contributed by atoms with Gasteiger partial charge in [0.15, 0.2) is 0 Å². The summed E-state index contributed by atoms with van der Waals surface area (Å²) in [5.74, 6) is 0.473. The van der Waals surface area contributed by atoms with Crippen molar-refractivity contribution in [3.63, 3.8) is 0 Å². The molecule has 0 saturated carbocycles. The Balaban J connectivity index is 2.04. The maximum atomic E-state index is 13.7. The standard InChI is InChI=1S/C26H37N3O4S/c1-6-7-18-28(25(30)33-26(3,4)5)24-22(11-10-17-27-24)23-12-8-9-19-29(23)34(31,32)21-15-13-20(2)14-16-21/h10-11,13-17,23H,6-9,12,18-19H2,1-5H3/t23-/m1/s1. The second kappa shape index (κ2) is 10.9. The summed E-state index contributed by atoms with van der Waals surface area (Å²) in [5, 5.41) is 0. The first-order chi connectivity index (χ1) is 16.0. The smallest absolute Gasteiger partial charge is 0.416 e. The number of anilines is 1. The molecule has 0 bridgehead atoms. The van der Waals surface area contributed by atoms with Crippen LogP contribution >= 0.6 is 0 Å². The molecule has 34 heavy (non-hydrogen) atoms. The van der Waals surface area contributed by atoms with E-state index in [-0.39, 0.29) is 4.90 Å². The lowest BCUT2D eigenvalue weighted by atomic mass is 9.97.